The normalized spacial score (nSPS) is 12.8. The van der Waals surface area contributed by atoms with E-state index in [-0.39, 0.29) is 17.4 Å². The maximum atomic E-state index is 13.5. The third kappa shape index (κ3) is 3.63. The van der Waals surface area contributed by atoms with E-state index in [0.29, 0.717) is 11.1 Å². The second-order valence-corrected chi connectivity index (χ2v) is 7.52. The standard InChI is InChI=1S/C25H20N6O3/c1-34-22-21(13-16(14-28-22)19-15-29-31-20-10-6-5-9-18(19)20)30-24(32)25(33,23-26-11-12-27-23)17-7-3-2-4-8-17/h2-15,33H,1H3,(H,26,27)(H,30,32). The molecule has 3 heterocycles. The molecule has 168 valence electrons. The van der Waals surface area contributed by atoms with Gasteiger partial charge in [0.1, 0.15) is 5.69 Å². The fraction of sp³-hybridized carbons (Fsp3) is 0.0800. The van der Waals surface area contributed by atoms with Crippen molar-refractivity contribution >= 4 is 22.5 Å². The number of anilines is 1. The number of ether oxygens (including phenoxy) is 1. The van der Waals surface area contributed by atoms with E-state index in [0.717, 1.165) is 16.5 Å². The quantitative estimate of drug-likeness (QED) is 0.361. The molecule has 0 radical (unpaired) electrons. The highest BCUT2D eigenvalue weighted by molar-refractivity contribution is 6.01. The maximum Gasteiger partial charge on any atom is 0.269 e. The van der Waals surface area contributed by atoms with Gasteiger partial charge in [-0.3, -0.25) is 4.79 Å². The number of aromatic nitrogens is 5. The first kappa shape index (κ1) is 21.2. The number of nitrogens with one attached hydrogen (secondary N) is 2. The summed E-state index contributed by atoms with van der Waals surface area (Å²) in [5.74, 6) is -0.439. The average Bonchev–Trinajstić information content (AvgIpc) is 3.44. The van der Waals surface area contributed by atoms with Crippen molar-refractivity contribution < 1.29 is 14.6 Å². The van der Waals surface area contributed by atoms with Gasteiger partial charge in [0.25, 0.3) is 5.91 Å². The predicted molar refractivity (Wildman–Crippen MR) is 126 cm³/mol. The number of benzene rings is 2. The van der Waals surface area contributed by atoms with Crippen LogP contribution in [0.25, 0.3) is 22.0 Å². The van der Waals surface area contributed by atoms with Crippen molar-refractivity contribution in [2.24, 2.45) is 0 Å². The summed E-state index contributed by atoms with van der Waals surface area (Å²) in [6.45, 7) is 0. The van der Waals surface area contributed by atoms with Gasteiger partial charge in [0.2, 0.25) is 11.5 Å². The molecule has 3 N–H and O–H groups in total. The fourth-order valence-corrected chi connectivity index (χ4v) is 3.82. The second kappa shape index (κ2) is 8.72. The number of hydrogen-bond donors (Lipinski definition) is 3. The minimum absolute atomic E-state index is 0.0867. The highest BCUT2D eigenvalue weighted by Crippen LogP contribution is 2.34. The molecule has 34 heavy (non-hydrogen) atoms. The Kier molecular flexibility index (Phi) is 5.44. The zero-order chi connectivity index (χ0) is 23.5. The smallest absolute Gasteiger partial charge is 0.269 e. The van der Waals surface area contributed by atoms with Crippen molar-refractivity contribution in [1.29, 1.82) is 0 Å². The summed E-state index contributed by atoms with van der Waals surface area (Å²) in [6.07, 6.45) is 6.29. The van der Waals surface area contributed by atoms with Gasteiger partial charge in [-0.2, -0.15) is 10.2 Å². The molecule has 0 fully saturated rings. The van der Waals surface area contributed by atoms with Crippen LogP contribution < -0.4 is 10.1 Å². The van der Waals surface area contributed by atoms with Gasteiger partial charge in [0.15, 0.2) is 5.82 Å². The van der Waals surface area contributed by atoms with Crippen LogP contribution in [-0.2, 0) is 10.4 Å². The van der Waals surface area contributed by atoms with Crippen molar-refractivity contribution in [1.82, 2.24) is 25.1 Å². The molecule has 0 bridgehead atoms. The number of aromatic amines is 1. The van der Waals surface area contributed by atoms with E-state index in [4.69, 9.17) is 4.74 Å². The van der Waals surface area contributed by atoms with Gasteiger partial charge >= 0.3 is 0 Å². The minimum atomic E-state index is -2.07. The molecule has 1 atom stereocenters. The summed E-state index contributed by atoms with van der Waals surface area (Å²) < 4.78 is 5.37. The zero-order valence-corrected chi connectivity index (χ0v) is 18.1. The first-order valence-corrected chi connectivity index (χ1v) is 10.5. The first-order chi connectivity index (χ1) is 16.6. The van der Waals surface area contributed by atoms with E-state index in [9.17, 15) is 9.90 Å². The molecule has 0 aliphatic rings. The van der Waals surface area contributed by atoms with Gasteiger partial charge in [-0.05, 0) is 12.1 Å². The SMILES string of the molecule is COc1ncc(-c2cnnc3ccccc23)cc1NC(=O)C(O)(c1ccccc1)c1ncc[nH]1. The number of imidazole rings is 1. The van der Waals surface area contributed by atoms with Crippen LogP contribution in [0.1, 0.15) is 11.4 Å². The summed E-state index contributed by atoms with van der Waals surface area (Å²) in [5.41, 5.74) is 0.792. The van der Waals surface area contributed by atoms with Gasteiger partial charge in [-0.25, -0.2) is 9.97 Å². The van der Waals surface area contributed by atoms with Crippen LogP contribution in [0.2, 0.25) is 0 Å². The molecule has 0 saturated carbocycles. The van der Waals surface area contributed by atoms with E-state index < -0.39 is 11.5 Å². The van der Waals surface area contributed by atoms with Crippen molar-refractivity contribution in [2.45, 2.75) is 5.60 Å². The number of H-pyrrole nitrogens is 1. The maximum absolute atomic E-state index is 13.5. The van der Waals surface area contributed by atoms with Gasteiger partial charge in [-0.15, -0.1) is 0 Å². The van der Waals surface area contributed by atoms with E-state index >= 15 is 0 Å². The molecule has 9 nitrogen and oxygen atoms in total. The molecular formula is C25H20N6O3. The molecule has 0 aliphatic heterocycles. The molecule has 1 unspecified atom stereocenters. The Bertz CT molecular complexity index is 1450. The van der Waals surface area contributed by atoms with Crippen LogP contribution >= 0.6 is 0 Å². The number of nitrogens with zero attached hydrogens (tertiary/aromatic N) is 4. The van der Waals surface area contributed by atoms with Crippen LogP contribution in [0.3, 0.4) is 0 Å². The molecular weight excluding hydrogens is 432 g/mol. The lowest BCUT2D eigenvalue weighted by molar-refractivity contribution is -0.131. The van der Waals surface area contributed by atoms with Gasteiger partial charge in [0.05, 0.1) is 18.8 Å². The molecule has 0 aliphatic carbocycles. The van der Waals surface area contributed by atoms with Crippen LogP contribution in [0, 0.1) is 0 Å². The number of rotatable bonds is 6. The number of methoxy groups -OCH3 is 1. The van der Waals surface area contributed by atoms with Crippen molar-refractivity contribution in [3.63, 3.8) is 0 Å². The van der Waals surface area contributed by atoms with E-state index in [1.54, 1.807) is 55.0 Å². The number of pyridine rings is 1. The zero-order valence-electron chi connectivity index (χ0n) is 18.1. The Morgan fingerprint density at radius 3 is 2.62 bits per heavy atom. The molecule has 1 amide bonds. The van der Waals surface area contributed by atoms with E-state index in [2.05, 4.69) is 30.5 Å². The van der Waals surface area contributed by atoms with Crippen molar-refractivity contribution in [3.05, 3.63) is 96.8 Å². The Balaban J connectivity index is 1.58. The minimum Gasteiger partial charge on any atom is -0.480 e. The molecule has 9 heteroatoms. The third-order valence-corrected chi connectivity index (χ3v) is 5.51. The Morgan fingerprint density at radius 2 is 1.85 bits per heavy atom. The lowest BCUT2D eigenvalue weighted by atomic mass is 9.91. The Labute approximate surface area is 194 Å². The molecule has 2 aromatic carbocycles. The van der Waals surface area contributed by atoms with Gasteiger partial charge in [0, 0.05) is 40.7 Å². The van der Waals surface area contributed by atoms with Crippen molar-refractivity contribution in [2.75, 3.05) is 12.4 Å². The Morgan fingerprint density at radius 1 is 1.06 bits per heavy atom. The monoisotopic (exact) mass is 452 g/mol. The first-order valence-electron chi connectivity index (χ1n) is 10.5. The van der Waals surface area contributed by atoms with E-state index in [1.807, 2.05) is 24.3 Å². The van der Waals surface area contributed by atoms with E-state index in [1.165, 1.54) is 13.3 Å². The molecule has 5 rings (SSSR count). The lowest BCUT2D eigenvalue weighted by Crippen LogP contribution is -2.42. The summed E-state index contributed by atoms with van der Waals surface area (Å²) in [5, 5.41) is 23.5. The summed E-state index contributed by atoms with van der Waals surface area (Å²) in [4.78, 5) is 24.9. The highest BCUT2D eigenvalue weighted by atomic mass is 16.5. The predicted octanol–water partition coefficient (Wildman–Crippen LogP) is 3.30. The highest BCUT2D eigenvalue weighted by Gasteiger charge is 2.43. The van der Waals surface area contributed by atoms with Crippen molar-refractivity contribution in [3.8, 4) is 17.0 Å². The number of hydrogen-bond acceptors (Lipinski definition) is 7. The van der Waals surface area contributed by atoms with Gasteiger partial charge < -0.3 is 20.1 Å². The molecule has 5 aromatic rings. The lowest BCUT2D eigenvalue weighted by Gasteiger charge is -2.26. The number of carbonyl (C=O) groups is 1. The molecule has 3 aromatic heterocycles. The van der Waals surface area contributed by atoms with Crippen LogP contribution in [0.15, 0.2) is 85.5 Å². The fourth-order valence-electron chi connectivity index (χ4n) is 3.82. The van der Waals surface area contributed by atoms with Crippen LogP contribution in [0.5, 0.6) is 5.88 Å². The number of fused-ring (bicyclic) bond motifs is 1. The molecule has 0 spiro atoms. The third-order valence-electron chi connectivity index (χ3n) is 5.51. The van der Waals surface area contributed by atoms with Crippen LogP contribution in [0.4, 0.5) is 5.69 Å². The molecule has 0 saturated heterocycles. The topological polar surface area (TPSA) is 126 Å². The largest absolute Gasteiger partial charge is 0.480 e. The Hall–Kier alpha value is -4.63. The summed E-state index contributed by atoms with van der Waals surface area (Å²) in [6, 6.07) is 17.9. The number of carbonyl (C=O) groups excluding carboxylic acids is 1. The number of aliphatic hydroxyl groups is 1. The second-order valence-electron chi connectivity index (χ2n) is 7.52. The number of amides is 1. The summed E-state index contributed by atoms with van der Waals surface area (Å²) >= 11 is 0. The average molecular weight is 452 g/mol. The van der Waals surface area contributed by atoms with Crippen LogP contribution in [-0.4, -0.2) is 43.3 Å². The van der Waals surface area contributed by atoms with Gasteiger partial charge in [-0.1, -0.05) is 48.5 Å². The summed E-state index contributed by atoms with van der Waals surface area (Å²) in [7, 11) is 1.46.